The molecule has 0 aromatic heterocycles. The first-order valence-electron chi connectivity index (χ1n) is 5.50. The zero-order valence-corrected chi connectivity index (χ0v) is 11.3. The van der Waals surface area contributed by atoms with Gasteiger partial charge in [0.2, 0.25) is 0 Å². The molecule has 0 aliphatic heterocycles. The highest BCUT2D eigenvalue weighted by Crippen LogP contribution is 2.32. The third-order valence-corrected chi connectivity index (χ3v) is 4.15. The minimum absolute atomic E-state index is 0.478. The first-order valence-corrected chi connectivity index (χ1v) is 6.67. The summed E-state index contributed by atoms with van der Waals surface area (Å²) in [6, 6.07) is 5.59. The largest absolute Gasteiger partial charge is 0.384 e. The fourth-order valence-corrected chi connectivity index (χ4v) is 2.52. The number of hydrogen-bond acceptors (Lipinski definition) is 1. The number of hydrogen-bond donors (Lipinski definition) is 1. The Kier molecular flexibility index (Phi) is 4.06. The molecule has 0 radical (unpaired) electrons. The summed E-state index contributed by atoms with van der Waals surface area (Å²) in [6.45, 7) is 0. The second-order valence-corrected chi connectivity index (χ2v) is 5.36. The van der Waals surface area contributed by atoms with E-state index >= 15 is 0 Å². The van der Waals surface area contributed by atoms with Gasteiger partial charge in [-0.15, -0.1) is 0 Å². The van der Waals surface area contributed by atoms with Crippen LogP contribution in [0, 0.1) is 0 Å². The summed E-state index contributed by atoms with van der Waals surface area (Å²) in [5.41, 5.74) is 2.05. The molecule has 1 aliphatic carbocycles. The van der Waals surface area contributed by atoms with Crippen LogP contribution in [0.25, 0.3) is 0 Å². The molecule has 0 spiro atoms. The number of aliphatic hydroxyl groups is 1. The van der Waals surface area contributed by atoms with Gasteiger partial charge in [-0.3, -0.25) is 0 Å². The number of aliphatic hydroxyl groups excluding tert-OH is 1. The van der Waals surface area contributed by atoms with Crippen molar-refractivity contribution in [3.8, 4) is 0 Å². The van der Waals surface area contributed by atoms with E-state index in [0.29, 0.717) is 5.02 Å². The van der Waals surface area contributed by atoms with Gasteiger partial charge in [-0.1, -0.05) is 23.7 Å². The van der Waals surface area contributed by atoms with E-state index in [-0.39, 0.29) is 0 Å². The summed E-state index contributed by atoms with van der Waals surface area (Å²) < 4.78 is 0.835. The second kappa shape index (κ2) is 5.35. The van der Waals surface area contributed by atoms with Crippen molar-refractivity contribution in [2.45, 2.75) is 31.8 Å². The summed E-state index contributed by atoms with van der Waals surface area (Å²) in [5.74, 6) is 0. The lowest BCUT2D eigenvalue weighted by Gasteiger charge is -2.19. The Balaban J connectivity index is 2.22. The maximum atomic E-state index is 10.2. The lowest BCUT2D eigenvalue weighted by atomic mass is 9.92. The van der Waals surface area contributed by atoms with Gasteiger partial charge in [0.25, 0.3) is 0 Å². The standard InChI is InChI=1S/C13H14BrClO/c14-11-8-10(6-7-12(11)15)13(16)9-4-2-1-3-5-9/h4,6-8,13,16H,1-3,5H2. The van der Waals surface area contributed by atoms with Crippen LogP contribution in [-0.4, -0.2) is 5.11 Å². The summed E-state index contributed by atoms with van der Waals surface area (Å²) in [7, 11) is 0. The highest BCUT2D eigenvalue weighted by molar-refractivity contribution is 9.10. The molecule has 1 N–H and O–H groups in total. The molecular formula is C13H14BrClO. The Hall–Kier alpha value is -0.310. The molecule has 0 saturated heterocycles. The third-order valence-electron chi connectivity index (χ3n) is 2.94. The van der Waals surface area contributed by atoms with E-state index < -0.39 is 6.10 Å². The Bertz CT molecular complexity index is 414. The van der Waals surface area contributed by atoms with E-state index in [1.54, 1.807) is 0 Å². The van der Waals surface area contributed by atoms with Gasteiger partial charge in [-0.25, -0.2) is 0 Å². The molecule has 1 unspecified atom stereocenters. The summed E-state index contributed by atoms with van der Waals surface area (Å²) >= 11 is 9.30. The smallest absolute Gasteiger partial charge is 0.100 e. The molecule has 86 valence electrons. The van der Waals surface area contributed by atoms with Crippen LogP contribution in [0.4, 0.5) is 0 Å². The Morgan fingerprint density at radius 3 is 2.75 bits per heavy atom. The van der Waals surface area contributed by atoms with Crippen molar-refractivity contribution in [2.75, 3.05) is 0 Å². The molecule has 0 bridgehead atoms. The molecule has 2 rings (SSSR count). The lowest BCUT2D eigenvalue weighted by Crippen LogP contribution is -2.04. The fraction of sp³-hybridized carbons (Fsp3) is 0.385. The predicted octanol–water partition coefficient (Wildman–Crippen LogP) is 4.64. The van der Waals surface area contributed by atoms with Crippen LogP contribution in [0.5, 0.6) is 0 Å². The van der Waals surface area contributed by atoms with Crippen LogP contribution in [0.2, 0.25) is 5.02 Å². The van der Waals surface area contributed by atoms with Gasteiger partial charge < -0.3 is 5.11 Å². The van der Waals surface area contributed by atoms with E-state index in [2.05, 4.69) is 22.0 Å². The first-order chi connectivity index (χ1) is 7.68. The number of rotatable bonds is 2. The molecular weight excluding hydrogens is 287 g/mol. The number of benzene rings is 1. The van der Waals surface area contributed by atoms with Crippen molar-refractivity contribution in [1.82, 2.24) is 0 Å². The monoisotopic (exact) mass is 300 g/mol. The van der Waals surface area contributed by atoms with Crippen molar-refractivity contribution in [3.63, 3.8) is 0 Å². The minimum atomic E-state index is -0.478. The molecule has 0 fully saturated rings. The van der Waals surface area contributed by atoms with Crippen LogP contribution >= 0.6 is 27.5 Å². The van der Waals surface area contributed by atoms with Crippen molar-refractivity contribution in [2.24, 2.45) is 0 Å². The Labute approximate surface area is 109 Å². The first kappa shape index (κ1) is 12.2. The molecule has 0 amide bonds. The lowest BCUT2D eigenvalue weighted by molar-refractivity contribution is 0.208. The van der Waals surface area contributed by atoms with Crippen LogP contribution < -0.4 is 0 Å². The van der Waals surface area contributed by atoms with E-state index in [1.807, 2.05) is 18.2 Å². The van der Waals surface area contributed by atoms with Crippen molar-refractivity contribution >= 4 is 27.5 Å². The zero-order valence-electron chi connectivity index (χ0n) is 8.92. The van der Waals surface area contributed by atoms with Gasteiger partial charge in [0.15, 0.2) is 0 Å². The van der Waals surface area contributed by atoms with Crippen LogP contribution in [0.15, 0.2) is 34.3 Å². The van der Waals surface area contributed by atoms with E-state index in [0.717, 1.165) is 28.5 Å². The second-order valence-electron chi connectivity index (χ2n) is 4.10. The highest BCUT2D eigenvalue weighted by Gasteiger charge is 2.15. The minimum Gasteiger partial charge on any atom is -0.384 e. The number of halogens is 2. The molecule has 0 heterocycles. The van der Waals surface area contributed by atoms with Gasteiger partial charge in [-0.05, 0) is 64.9 Å². The van der Waals surface area contributed by atoms with Gasteiger partial charge >= 0.3 is 0 Å². The van der Waals surface area contributed by atoms with Crippen molar-refractivity contribution in [1.29, 1.82) is 0 Å². The molecule has 1 aliphatic rings. The van der Waals surface area contributed by atoms with Crippen molar-refractivity contribution < 1.29 is 5.11 Å². The van der Waals surface area contributed by atoms with Gasteiger partial charge in [-0.2, -0.15) is 0 Å². The van der Waals surface area contributed by atoms with Crippen molar-refractivity contribution in [3.05, 3.63) is 44.9 Å². The molecule has 3 heteroatoms. The van der Waals surface area contributed by atoms with E-state index in [9.17, 15) is 5.11 Å². The molecule has 16 heavy (non-hydrogen) atoms. The van der Waals surface area contributed by atoms with E-state index in [1.165, 1.54) is 12.8 Å². The maximum absolute atomic E-state index is 10.2. The maximum Gasteiger partial charge on any atom is 0.100 e. The predicted molar refractivity (Wildman–Crippen MR) is 70.7 cm³/mol. The third kappa shape index (κ3) is 2.68. The summed E-state index contributed by atoms with van der Waals surface area (Å²) in [6.07, 6.45) is 6.19. The van der Waals surface area contributed by atoms with E-state index in [4.69, 9.17) is 11.6 Å². The van der Waals surface area contributed by atoms with Crippen LogP contribution in [0.1, 0.15) is 37.4 Å². The SMILES string of the molecule is OC(C1=CCCCC1)c1ccc(Cl)c(Br)c1. The average Bonchev–Trinajstić information content (AvgIpc) is 2.33. The molecule has 1 aromatic carbocycles. The highest BCUT2D eigenvalue weighted by atomic mass is 79.9. The zero-order chi connectivity index (χ0) is 11.5. The van der Waals surface area contributed by atoms with Gasteiger partial charge in [0.1, 0.15) is 6.10 Å². The normalized spacial score (nSPS) is 18.1. The Morgan fingerprint density at radius 1 is 1.31 bits per heavy atom. The molecule has 1 nitrogen and oxygen atoms in total. The van der Waals surface area contributed by atoms with Crippen LogP contribution in [-0.2, 0) is 0 Å². The van der Waals surface area contributed by atoms with Gasteiger partial charge in [0.05, 0.1) is 5.02 Å². The Morgan fingerprint density at radius 2 is 2.12 bits per heavy atom. The van der Waals surface area contributed by atoms with Crippen LogP contribution in [0.3, 0.4) is 0 Å². The van der Waals surface area contributed by atoms with Gasteiger partial charge in [0, 0.05) is 4.47 Å². The molecule has 0 saturated carbocycles. The quantitative estimate of drug-likeness (QED) is 0.789. The number of allylic oxidation sites excluding steroid dienone is 1. The fourth-order valence-electron chi connectivity index (χ4n) is 2.01. The summed E-state index contributed by atoms with van der Waals surface area (Å²) in [5, 5.41) is 10.9. The molecule has 1 aromatic rings. The topological polar surface area (TPSA) is 20.2 Å². The molecule has 1 atom stereocenters. The summed E-state index contributed by atoms with van der Waals surface area (Å²) in [4.78, 5) is 0. The average molecular weight is 302 g/mol.